The van der Waals surface area contributed by atoms with Gasteiger partial charge in [0, 0.05) is 22.6 Å². The molecule has 7 rings (SSSR count). The van der Waals surface area contributed by atoms with Crippen molar-refractivity contribution in [2.24, 2.45) is 0 Å². The van der Waals surface area contributed by atoms with E-state index in [1.54, 1.807) is 4.40 Å². The first-order valence-electron chi connectivity index (χ1n) is 11.8. The zero-order chi connectivity index (χ0) is 24.1. The van der Waals surface area contributed by atoms with Gasteiger partial charge in [-0.15, -0.1) is 0 Å². The Balaban J connectivity index is 1.55. The van der Waals surface area contributed by atoms with E-state index in [4.69, 9.17) is 9.72 Å². The maximum atomic E-state index is 13.6. The zero-order valence-electron chi connectivity index (χ0n) is 19.2. The molecule has 2 aromatic heterocycles. The van der Waals surface area contributed by atoms with Crippen LogP contribution in [0.2, 0.25) is 0 Å². The van der Waals surface area contributed by atoms with Crippen LogP contribution in [-0.2, 0) is 0 Å². The molecule has 36 heavy (non-hydrogen) atoms. The van der Waals surface area contributed by atoms with Crippen LogP contribution in [-0.4, -0.2) is 9.38 Å². The number of para-hydroxylation sites is 3. The minimum Gasteiger partial charge on any atom is -0.456 e. The molecule has 1 aliphatic rings. The molecule has 0 spiro atoms. The fraction of sp³-hybridized carbons (Fsp3) is 0.0323. The van der Waals surface area contributed by atoms with Gasteiger partial charge in [0.1, 0.15) is 11.5 Å². The standard InChI is InChI=1S/C31H20N2O2S/c34-30-27(36-31-32-24-16-8-9-17-25(24)33(30)31)19-23-28(20-11-3-1-4-12-20)22-15-7-10-18-26(22)35-29(23)21-13-5-2-6-14-21/h1-19,28H/b27-19-. The smallest absolute Gasteiger partial charge is 0.274 e. The van der Waals surface area contributed by atoms with Crippen LogP contribution in [0.5, 0.6) is 5.75 Å². The van der Waals surface area contributed by atoms with Crippen LogP contribution in [0.4, 0.5) is 0 Å². The molecular formula is C31H20N2O2S. The van der Waals surface area contributed by atoms with E-state index in [-0.39, 0.29) is 11.5 Å². The van der Waals surface area contributed by atoms with E-state index in [2.05, 4.69) is 30.3 Å². The highest BCUT2D eigenvalue weighted by atomic mass is 32.1. The summed E-state index contributed by atoms with van der Waals surface area (Å²) in [4.78, 5) is 19.0. The van der Waals surface area contributed by atoms with Crippen LogP contribution in [0.15, 0.2) is 120 Å². The first-order valence-corrected chi connectivity index (χ1v) is 12.6. The number of rotatable bonds is 3. The second-order valence-corrected chi connectivity index (χ2v) is 9.78. The van der Waals surface area contributed by atoms with E-state index in [1.165, 1.54) is 11.3 Å². The summed E-state index contributed by atoms with van der Waals surface area (Å²) in [5.74, 6) is 1.51. The Morgan fingerprint density at radius 2 is 1.50 bits per heavy atom. The molecule has 172 valence electrons. The third kappa shape index (κ3) is 3.28. The highest BCUT2D eigenvalue weighted by Gasteiger charge is 2.30. The first-order chi connectivity index (χ1) is 17.8. The molecule has 0 N–H and O–H groups in total. The molecule has 0 bridgehead atoms. The number of nitrogens with zero attached hydrogens (tertiary/aromatic N) is 2. The van der Waals surface area contributed by atoms with Crippen molar-refractivity contribution in [2.45, 2.75) is 5.92 Å². The van der Waals surface area contributed by atoms with Gasteiger partial charge in [-0.05, 0) is 29.8 Å². The Hall–Kier alpha value is -4.48. The molecule has 4 nitrogen and oxygen atoms in total. The number of thiazole rings is 1. The van der Waals surface area contributed by atoms with Crippen molar-refractivity contribution in [2.75, 3.05) is 0 Å². The van der Waals surface area contributed by atoms with Crippen LogP contribution in [0.1, 0.15) is 22.6 Å². The van der Waals surface area contributed by atoms with Gasteiger partial charge in [-0.25, -0.2) is 9.38 Å². The first kappa shape index (κ1) is 20.9. The van der Waals surface area contributed by atoms with Crippen molar-refractivity contribution in [3.05, 3.63) is 146 Å². The Labute approximate surface area is 211 Å². The highest BCUT2D eigenvalue weighted by Crippen LogP contribution is 2.46. The molecule has 0 aliphatic carbocycles. The van der Waals surface area contributed by atoms with Gasteiger partial charge in [-0.3, -0.25) is 4.79 Å². The molecule has 1 atom stereocenters. The van der Waals surface area contributed by atoms with Gasteiger partial charge in [0.25, 0.3) is 5.56 Å². The maximum absolute atomic E-state index is 13.6. The van der Waals surface area contributed by atoms with E-state index in [0.29, 0.717) is 9.49 Å². The molecule has 0 radical (unpaired) electrons. The van der Waals surface area contributed by atoms with Crippen molar-refractivity contribution in [1.82, 2.24) is 9.38 Å². The number of aromatic nitrogens is 2. The Bertz CT molecular complexity index is 1890. The zero-order valence-corrected chi connectivity index (χ0v) is 20.0. The summed E-state index contributed by atoms with van der Waals surface area (Å²) in [6, 6.07) is 36.4. The number of ether oxygens (including phenoxy) is 1. The minimum atomic E-state index is -0.0862. The van der Waals surface area contributed by atoms with Crippen molar-refractivity contribution < 1.29 is 4.74 Å². The average Bonchev–Trinajstić information content (AvgIpc) is 3.45. The monoisotopic (exact) mass is 484 g/mol. The molecule has 0 saturated heterocycles. The van der Waals surface area contributed by atoms with Crippen LogP contribution >= 0.6 is 11.3 Å². The molecule has 6 aromatic rings. The molecule has 0 saturated carbocycles. The lowest BCUT2D eigenvalue weighted by atomic mass is 9.81. The van der Waals surface area contributed by atoms with Gasteiger partial charge in [-0.1, -0.05) is 102 Å². The van der Waals surface area contributed by atoms with Crippen molar-refractivity contribution in [3.63, 3.8) is 0 Å². The SMILES string of the molecule is O=c1/c(=C/C2=C(c3ccccc3)Oc3ccccc3C2c2ccccc2)sc2nc3ccccc3n12. The lowest BCUT2D eigenvalue weighted by molar-refractivity contribution is 0.488. The molecular weight excluding hydrogens is 464 g/mol. The molecule has 0 fully saturated rings. The topological polar surface area (TPSA) is 43.6 Å². The average molecular weight is 485 g/mol. The summed E-state index contributed by atoms with van der Waals surface area (Å²) in [6.07, 6.45) is 2.01. The number of hydrogen-bond donors (Lipinski definition) is 0. The van der Waals surface area contributed by atoms with Gasteiger partial charge in [-0.2, -0.15) is 0 Å². The Morgan fingerprint density at radius 1 is 0.806 bits per heavy atom. The molecule has 0 amide bonds. The number of allylic oxidation sites excluding steroid dienone is 1. The Kier molecular flexibility index (Phi) is 4.82. The van der Waals surface area contributed by atoms with Gasteiger partial charge < -0.3 is 4.74 Å². The molecule has 5 heteroatoms. The van der Waals surface area contributed by atoms with Crippen molar-refractivity contribution >= 4 is 39.2 Å². The van der Waals surface area contributed by atoms with Crippen molar-refractivity contribution in [1.29, 1.82) is 0 Å². The summed E-state index contributed by atoms with van der Waals surface area (Å²) in [5, 5.41) is 0. The summed E-state index contributed by atoms with van der Waals surface area (Å²) in [5.41, 5.74) is 5.75. The maximum Gasteiger partial charge on any atom is 0.274 e. The van der Waals surface area contributed by atoms with E-state index < -0.39 is 0 Å². The van der Waals surface area contributed by atoms with Gasteiger partial charge in [0.15, 0.2) is 4.96 Å². The second kappa shape index (κ2) is 8.33. The minimum absolute atomic E-state index is 0.0609. The summed E-state index contributed by atoms with van der Waals surface area (Å²) < 4.78 is 8.90. The van der Waals surface area contributed by atoms with E-state index in [0.717, 1.165) is 44.8 Å². The third-order valence-electron chi connectivity index (χ3n) is 6.62. The fourth-order valence-corrected chi connectivity index (χ4v) is 5.98. The van der Waals surface area contributed by atoms with Gasteiger partial charge in [0.05, 0.1) is 15.6 Å². The largest absolute Gasteiger partial charge is 0.456 e. The number of hydrogen-bond acceptors (Lipinski definition) is 4. The molecule has 1 aliphatic heterocycles. The van der Waals surface area contributed by atoms with E-state index >= 15 is 0 Å². The summed E-state index contributed by atoms with van der Waals surface area (Å²) >= 11 is 1.41. The number of benzene rings is 4. The van der Waals surface area contributed by atoms with E-state index in [9.17, 15) is 4.79 Å². The number of imidazole rings is 1. The predicted octanol–water partition coefficient (Wildman–Crippen LogP) is 6.04. The highest BCUT2D eigenvalue weighted by molar-refractivity contribution is 7.15. The van der Waals surface area contributed by atoms with Crippen LogP contribution in [0, 0.1) is 0 Å². The predicted molar refractivity (Wildman–Crippen MR) is 145 cm³/mol. The van der Waals surface area contributed by atoms with Crippen molar-refractivity contribution in [3.8, 4) is 5.75 Å². The quantitative estimate of drug-likeness (QED) is 0.307. The van der Waals surface area contributed by atoms with Crippen LogP contribution in [0.25, 0.3) is 27.8 Å². The fourth-order valence-electron chi connectivity index (χ4n) is 5.00. The molecule has 3 heterocycles. The van der Waals surface area contributed by atoms with Gasteiger partial charge in [0.2, 0.25) is 0 Å². The third-order valence-corrected chi connectivity index (χ3v) is 7.58. The van der Waals surface area contributed by atoms with E-state index in [1.807, 2.05) is 84.9 Å². The second-order valence-electron chi connectivity index (χ2n) is 8.77. The van der Waals surface area contributed by atoms with Gasteiger partial charge >= 0.3 is 0 Å². The molecule has 1 unspecified atom stereocenters. The lowest BCUT2D eigenvalue weighted by Gasteiger charge is -2.30. The van der Waals surface area contributed by atoms with Crippen LogP contribution in [0.3, 0.4) is 0 Å². The molecule has 4 aromatic carbocycles. The summed E-state index contributed by atoms with van der Waals surface area (Å²) in [6.45, 7) is 0. The summed E-state index contributed by atoms with van der Waals surface area (Å²) in [7, 11) is 0. The Morgan fingerprint density at radius 3 is 2.33 bits per heavy atom. The normalized spacial score (nSPS) is 15.9. The van der Waals surface area contributed by atoms with Crippen LogP contribution < -0.4 is 14.8 Å². The lowest BCUT2D eigenvalue weighted by Crippen LogP contribution is -2.24. The number of fused-ring (bicyclic) bond motifs is 4.